The second-order valence-corrected chi connectivity index (χ2v) is 6.32. The van der Waals surface area contributed by atoms with E-state index in [0.29, 0.717) is 29.2 Å². The van der Waals surface area contributed by atoms with E-state index < -0.39 is 12.0 Å². The number of halogens is 1. The van der Waals surface area contributed by atoms with Gasteiger partial charge in [0.15, 0.2) is 0 Å². The molecule has 0 aliphatic carbocycles. The largest absolute Gasteiger partial charge is 0.497 e. The van der Waals surface area contributed by atoms with E-state index >= 15 is 0 Å². The number of likely N-dealkylation sites (tertiary alicyclic amines) is 1. The first kappa shape index (κ1) is 17.3. The summed E-state index contributed by atoms with van der Waals surface area (Å²) in [6.45, 7) is 0. The van der Waals surface area contributed by atoms with E-state index in [-0.39, 0.29) is 11.9 Å². The van der Waals surface area contributed by atoms with Gasteiger partial charge in [0.2, 0.25) is 0 Å². The van der Waals surface area contributed by atoms with Gasteiger partial charge in [0, 0.05) is 10.6 Å². The van der Waals surface area contributed by atoms with E-state index in [1.807, 2.05) is 18.2 Å². The fourth-order valence-electron chi connectivity index (χ4n) is 3.29. The predicted molar refractivity (Wildman–Crippen MR) is 94.0 cm³/mol. The fraction of sp³-hybridized carbons (Fsp3) is 0.263. The normalized spacial score (nSPS) is 19.7. The van der Waals surface area contributed by atoms with Crippen molar-refractivity contribution in [3.63, 3.8) is 0 Å². The Morgan fingerprint density at radius 3 is 2.60 bits per heavy atom. The highest BCUT2D eigenvalue weighted by molar-refractivity contribution is 6.31. The van der Waals surface area contributed by atoms with E-state index in [9.17, 15) is 14.7 Å². The van der Waals surface area contributed by atoms with Crippen molar-refractivity contribution in [2.45, 2.75) is 24.9 Å². The number of carbonyl (C=O) groups excluding carboxylic acids is 1. The molecule has 3 rings (SSSR count). The molecule has 1 fully saturated rings. The summed E-state index contributed by atoms with van der Waals surface area (Å²) in [5.41, 5.74) is 1.16. The minimum Gasteiger partial charge on any atom is -0.497 e. The summed E-state index contributed by atoms with van der Waals surface area (Å²) < 4.78 is 5.16. The molecule has 2 aromatic rings. The third kappa shape index (κ3) is 3.33. The van der Waals surface area contributed by atoms with Crippen molar-refractivity contribution >= 4 is 23.5 Å². The van der Waals surface area contributed by atoms with Crippen LogP contribution in [0.3, 0.4) is 0 Å². The lowest BCUT2D eigenvalue weighted by Gasteiger charge is -2.29. The summed E-state index contributed by atoms with van der Waals surface area (Å²) in [6.07, 6.45) is 0.942. The van der Waals surface area contributed by atoms with Crippen molar-refractivity contribution < 1.29 is 19.4 Å². The van der Waals surface area contributed by atoms with E-state index in [0.717, 1.165) is 5.56 Å². The maximum Gasteiger partial charge on any atom is 0.326 e. The summed E-state index contributed by atoms with van der Waals surface area (Å²) >= 11 is 6.29. The first-order valence-corrected chi connectivity index (χ1v) is 8.34. The smallest absolute Gasteiger partial charge is 0.326 e. The molecule has 0 aromatic heterocycles. The Morgan fingerprint density at radius 2 is 1.92 bits per heavy atom. The lowest BCUT2D eigenvalue weighted by atomic mass is 10.0. The molecule has 0 spiro atoms. The number of aliphatic carboxylic acids is 1. The van der Waals surface area contributed by atoms with E-state index in [2.05, 4.69) is 0 Å². The highest BCUT2D eigenvalue weighted by atomic mass is 35.5. The summed E-state index contributed by atoms with van der Waals surface area (Å²) in [5.74, 6) is -0.800. The average Bonchev–Trinajstić information content (AvgIpc) is 3.06. The van der Waals surface area contributed by atoms with Crippen LogP contribution in [0.25, 0.3) is 0 Å². The lowest BCUT2D eigenvalue weighted by molar-refractivity contribution is -0.141. The Labute approximate surface area is 150 Å². The van der Waals surface area contributed by atoms with Crippen LogP contribution >= 0.6 is 11.6 Å². The number of hydrogen-bond donors (Lipinski definition) is 1. The van der Waals surface area contributed by atoms with Gasteiger partial charge in [-0.3, -0.25) is 4.79 Å². The predicted octanol–water partition coefficient (Wildman–Crippen LogP) is 3.78. The van der Waals surface area contributed by atoms with Crippen molar-refractivity contribution in [2.75, 3.05) is 7.11 Å². The Balaban J connectivity index is 2.01. The van der Waals surface area contributed by atoms with Crippen LogP contribution in [-0.4, -0.2) is 35.0 Å². The highest BCUT2D eigenvalue weighted by Gasteiger charge is 2.42. The standard InChI is InChI=1S/C19H18ClNO4/c1-25-13-6-4-5-12(11-13)18(22)21-16(9-10-17(21)19(23)24)14-7-2-3-8-15(14)20/h2-8,11,16-17H,9-10H2,1H3,(H,23,24)/t16-,17+/m1/s1. The number of ether oxygens (including phenoxy) is 1. The molecule has 6 heteroatoms. The summed E-state index contributed by atoms with van der Waals surface area (Å²) in [4.78, 5) is 26.2. The Bertz CT molecular complexity index is 808. The lowest BCUT2D eigenvalue weighted by Crippen LogP contribution is -2.41. The zero-order valence-corrected chi connectivity index (χ0v) is 14.4. The van der Waals surface area contributed by atoms with Crippen LogP contribution in [-0.2, 0) is 4.79 Å². The number of benzene rings is 2. The van der Waals surface area contributed by atoms with Gasteiger partial charge in [-0.25, -0.2) is 4.79 Å². The third-order valence-corrected chi connectivity index (χ3v) is 4.83. The Hall–Kier alpha value is -2.53. The van der Waals surface area contributed by atoms with E-state index in [4.69, 9.17) is 16.3 Å². The molecule has 0 saturated carbocycles. The highest BCUT2D eigenvalue weighted by Crippen LogP contribution is 2.40. The van der Waals surface area contributed by atoms with Crippen molar-refractivity contribution in [2.24, 2.45) is 0 Å². The Kier molecular flexibility index (Phi) is 4.95. The van der Waals surface area contributed by atoms with E-state index in [1.54, 1.807) is 30.3 Å². The number of methoxy groups -OCH3 is 1. The van der Waals surface area contributed by atoms with Crippen molar-refractivity contribution in [1.29, 1.82) is 0 Å². The third-order valence-electron chi connectivity index (χ3n) is 4.49. The van der Waals surface area contributed by atoms with Gasteiger partial charge < -0.3 is 14.7 Å². The molecule has 130 valence electrons. The van der Waals surface area contributed by atoms with Gasteiger partial charge in [-0.15, -0.1) is 0 Å². The molecule has 5 nitrogen and oxygen atoms in total. The van der Waals surface area contributed by atoms with Crippen molar-refractivity contribution in [1.82, 2.24) is 4.90 Å². The van der Waals surface area contributed by atoms with Crippen LogP contribution in [0.2, 0.25) is 5.02 Å². The molecule has 1 aliphatic rings. The molecular weight excluding hydrogens is 342 g/mol. The van der Waals surface area contributed by atoms with Gasteiger partial charge >= 0.3 is 5.97 Å². The van der Waals surface area contributed by atoms with Crippen LogP contribution in [0.15, 0.2) is 48.5 Å². The maximum atomic E-state index is 13.1. The number of nitrogens with zero attached hydrogens (tertiary/aromatic N) is 1. The Morgan fingerprint density at radius 1 is 1.16 bits per heavy atom. The molecule has 0 bridgehead atoms. The molecule has 2 aromatic carbocycles. The van der Waals surface area contributed by atoms with Gasteiger partial charge in [-0.2, -0.15) is 0 Å². The number of amides is 1. The van der Waals surface area contributed by atoms with E-state index in [1.165, 1.54) is 12.0 Å². The summed E-state index contributed by atoms with van der Waals surface area (Å²) in [6, 6.07) is 12.7. The topological polar surface area (TPSA) is 66.8 Å². The van der Waals surface area contributed by atoms with Gasteiger partial charge in [-0.1, -0.05) is 35.9 Å². The number of rotatable bonds is 4. The van der Waals surface area contributed by atoms with Crippen molar-refractivity contribution in [3.05, 3.63) is 64.7 Å². The molecular formula is C19H18ClNO4. The van der Waals surface area contributed by atoms with Crippen LogP contribution in [0.5, 0.6) is 5.75 Å². The number of carboxylic acid groups (broad SMARTS) is 1. The first-order chi connectivity index (χ1) is 12.0. The van der Waals surface area contributed by atoms with Gasteiger partial charge in [0.1, 0.15) is 11.8 Å². The fourth-order valence-corrected chi connectivity index (χ4v) is 3.55. The second kappa shape index (κ2) is 7.15. The molecule has 0 unspecified atom stereocenters. The monoisotopic (exact) mass is 359 g/mol. The number of hydrogen-bond acceptors (Lipinski definition) is 3. The molecule has 25 heavy (non-hydrogen) atoms. The average molecular weight is 360 g/mol. The van der Waals surface area contributed by atoms with Crippen LogP contribution in [0, 0.1) is 0 Å². The molecule has 1 heterocycles. The molecule has 1 amide bonds. The SMILES string of the molecule is COc1cccc(C(=O)N2[C@@H](c3ccccc3Cl)CC[C@H]2C(=O)O)c1. The van der Waals surface area contributed by atoms with Gasteiger partial charge in [-0.05, 0) is 42.7 Å². The molecule has 1 N–H and O–H groups in total. The van der Waals surface area contributed by atoms with Crippen LogP contribution in [0.4, 0.5) is 0 Å². The molecule has 1 aliphatic heterocycles. The second-order valence-electron chi connectivity index (χ2n) is 5.91. The molecule has 2 atom stereocenters. The van der Waals surface area contributed by atoms with Gasteiger partial charge in [0.05, 0.1) is 13.2 Å². The summed E-state index contributed by atoms with van der Waals surface area (Å²) in [7, 11) is 1.52. The number of carbonyl (C=O) groups is 2. The van der Waals surface area contributed by atoms with Crippen molar-refractivity contribution in [3.8, 4) is 5.75 Å². The molecule has 1 saturated heterocycles. The summed E-state index contributed by atoms with van der Waals surface area (Å²) in [5, 5.41) is 10.1. The first-order valence-electron chi connectivity index (χ1n) is 7.97. The molecule has 0 radical (unpaired) electrons. The van der Waals surface area contributed by atoms with Crippen LogP contribution in [0.1, 0.15) is 34.8 Å². The van der Waals surface area contributed by atoms with Crippen LogP contribution < -0.4 is 4.74 Å². The maximum absolute atomic E-state index is 13.1. The number of carboxylic acids is 1. The van der Waals surface area contributed by atoms with Gasteiger partial charge in [0.25, 0.3) is 5.91 Å². The zero-order chi connectivity index (χ0) is 18.0. The zero-order valence-electron chi connectivity index (χ0n) is 13.7. The minimum absolute atomic E-state index is 0.339. The quantitative estimate of drug-likeness (QED) is 0.902. The minimum atomic E-state index is -1.01.